The third kappa shape index (κ3) is 3.62. The van der Waals surface area contributed by atoms with Gasteiger partial charge in [0.25, 0.3) is 0 Å². The number of ether oxygens (including phenoxy) is 1. The summed E-state index contributed by atoms with van der Waals surface area (Å²) in [4.78, 5) is 10.9. The molecule has 0 aliphatic rings. The van der Waals surface area contributed by atoms with Crippen molar-refractivity contribution in [2.24, 2.45) is 0 Å². The number of hydrogen-bond acceptors (Lipinski definition) is 3. The summed E-state index contributed by atoms with van der Waals surface area (Å²) in [7, 11) is 1.50. The average molecular weight is 244 g/mol. The maximum absolute atomic E-state index is 10.9. The minimum absolute atomic E-state index is 0.0339. The van der Waals surface area contributed by atoms with Gasteiger partial charge >= 0.3 is 0 Å². The molecule has 0 saturated carbocycles. The van der Waals surface area contributed by atoms with Crippen molar-refractivity contribution in [2.45, 2.75) is 6.42 Å². The zero-order valence-corrected chi connectivity index (χ0v) is 9.75. The van der Waals surface area contributed by atoms with Crippen molar-refractivity contribution in [3.63, 3.8) is 0 Å². The number of phenols is 1. The molecule has 0 unspecified atom stereocenters. The van der Waals surface area contributed by atoms with Crippen molar-refractivity contribution in [2.75, 3.05) is 19.5 Å². The summed E-state index contributed by atoms with van der Waals surface area (Å²) >= 11 is 5.33. The molecule has 0 aliphatic heterocycles. The maximum Gasteiger partial charge on any atom is 0.234 e. The van der Waals surface area contributed by atoms with Gasteiger partial charge in [0.2, 0.25) is 5.91 Å². The normalized spacial score (nSPS) is 9.88. The van der Waals surface area contributed by atoms with Gasteiger partial charge in [-0.1, -0.05) is 6.07 Å². The highest BCUT2D eigenvalue weighted by molar-refractivity contribution is 6.27. The molecule has 0 saturated heterocycles. The molecule has 88 valence electrons. The topological polar surface area (TPSA) is 58.6 Å². The second-order valence-electron chi connectivity index (χ2n) is 3.24. The highest BCUT2D eigenvalue weighted by Gasteiger charge is 2.03. The molecule has 0 aliphatic carbocycles. The van der Waals surface area contributed by atoms with Crippen molar-refractivity contribution in [3.8, 4) is 11.5 Å². The second kappa shape index (κ2) is 6.23. The van der Waals surface area contributed by atoms with Gasteiger partial charge in [0, 0.05) is 6.54 Å². The number of hydrogen-bond donors (Lipinski definition) is 2. The van der Waals surface area contributed by atoms with Crippen molar-refractivity contribution < 1.29 is 14.6 Å². The van der Waals surface area contributed by atoms with Crippen LogP contribution < -0.4 is 10.1 Å². The number of rotatable bonds is 5. The van der Waals surface area contributed by atoms with Crippen LogP contribution in [0.3, 0.4) is 0 Å². The van der Waals surface area contributed by atoms with Crippen LogP contribution in [0.25, 0.3) is 0 Å². The molecule has 1 rings (SSSR count). The van der Waals surface area contributed by atoms with Crippen LogP contribution in [0.5, 0.6) is 11.5 Å². The smallest absolute Gasteiger partial charge is 0.234 e. The summed E-state index contributed by atoms with van der Waals surface area (Å²) in [5.41, 5.74) is 0.924. The fraction of sp³-hybridized carbons (Fsp3) is 0.364. The monoisotopic (exact) mass is 243 g/mol. The lowest BCUT2D eigenvalue weighted by Gasteiger charge is -2.06. The molecule has 0 heterocycles. The number of nitrogens with one attached hydrogen (secondary N) is 1. The number of phenolic OH excluding ortho intramolecular Hbond substituents is 1. The number of alkyl halides is 1. The first-order valence-electron chi connectivity index (χ1n) is 4.86. The average Bonchev–Trinajstić information content (AvgIpc) is 2.29. The summed E-state index contributed by atoms with van der Waals surface area (Å²) in [6.07, 6.45) is 0.639. The molecule has 1 aromatic rings. The van der Waals surface area contributed by atoms with Gasteiger partial charge in [0.1, 0.15) is 5.88 Å². The van der Waals surface area contributed by atoms with Gasteiger partial charge in [-0.25, -0.2) is 0 Å². The molecular formula is C11H14ClNO3. The molecule has 16 heavy (non-hydrogen) atoms. The highest BCUT2D eigenvalue weighted by atomic mass is 35.5. The van der Waals surface area contributed by atoms with E-state index in [1.807, 2.05) is 6.07 Å². The molecule has 0 fully saturated rings. The molecule has 0 aromatic heterocycles. The SMILES string of the molecule is COc1ccc(CCNC(=O)CCl)cc1O. The molecule has 2 N–H and O–H groups in total. The van der Waals surface area contributed by atoms with Gasteiger partial charge in [-0.05, 0) is 24.1 Å². The maximum atomic E-state index is 10.9. The van der Waals surface area contributed by atoms with E-state index in [9.17, 15) is 9.90 Å². The minimum Gasteiger partial charge on any atom is -0.504 e. The molecule has 0 bridgehead atoms. The summed E-state index contributed by atoms with van der Waals surface area (Å²) in [6.45, 7) is 0.497. The predicted octanol–water partition coefficient (Wildman–Crippen LogP) is 1.30. The molecule has 0 spiro atoms. The number of aromatic hydroxyl groups is 1. The molecule has 1 amide bonds. The van der Waals surface area contributed by atoms with E-state index < -0.39 is 0 Å². The van der Waals surface area contributed by atoms with Gasteiger partial charge in [-0.3, -0.25) is 4.79 Å². The van der Waals surface area contributed by atoms with Gasteiger partial charge in [0.15, 0.2) is 11.5 Å². The Bertz CT molecular complexity index is 368. The van der Waals surface area contributed by atoms with Crippen molar-refractivity contribution in [1.82, 2.24) is 5.32 Å². The van der Waals surface area contributed by atoms with Gasteiger partial charge in [-0.2, -0.15) is 0 Å². The number of methoxy groups -OCH3 is 1. The quantitative estimate of drug-likeness (QED) is 0.767. The molecule has 0 radical (unpaired) electrons. The number of halogens is 1. The molecule has 4 nitrogen and oxygen atoms in total. The third-order valence-electron chi connectivity index (χ3n) is 2.10. The van der Waals surface area contributed by atoms with Crippen LogP contribution in [0.2, 0.25) is 0 Å². The van der Waals surface area contributed by atoms with E-state index in [4.69, 9.17) is 16.3 Å². The van der Waals surface area contributed by atoms with E-state index >= 15 is 0 Å². The lowest BCUT2D eigenvalue weighted by Crippen LogP contribution is -2.26. The van der Waals surface area contributed by atoms with Gasteiger partial charge in [-0.15, -0.1) is 11.6 Å². The van der Waals surface area contributed by atoms with Crippen LogP contribution in [-0.2, 0) is 11.2 Å². The predicted molar refractivity (Wildman–Crippen MR) is 62.1 cm³/mol. The third-order valence-corrected chi connectivity index (χ3v) is 2.34. The summed E-state index contributed by atoms with van der Waals surface area (Å²) in [5.74, 6) is 0.310. The Kier molecular flexibility index (Phi) is 4.92. The number of carbonyl (C=O) groups is 1. The molecule has 0 atom stereocenters. The zero-order valence-electron chi connectivity index (χ0n) is 9.00. The van der Waals surface area contributed by atoms with Gasteiger partial charge in [0.05, 0.1) is 7.11 Å². The molecule has 1 aromatic carbocycles. The number of carbonyl (C=O) groups excluding carboxylic acids is 1. The first-order valence-corrected chi connectivity index (χ1v) is 5.39. The van der Waals surface area contributed by atoms with Crippen LogP contribution in [0.15, 0.2) is 18.2 Å². The van der Waals surface area contributed by atoms with E-state index in [2.05, 4.69) is 5.32 Å². The molecule has 5 heteroatoms. The van der Waals surface area contributed by atoms with Crippen LogP contribution in [0.4, 0.5) is 0 Å². The Labute approximate surface area is 99.2 Å². The zero-order chi connectivity index (χ0) is 12.0. The standard InChI is InChI=1S/C11H14ClNO3/c1-16-10-3-2-8(6-9(10)14)4-5-13-11(15)7-12/h2-3,6,14H,4-5,7H2,1H3,(H,13,15). The lowest BCUT2D eigenvalue weighted by atomic mass is 10.1. The van der Waals surface area contributed by atoms with Gasteiger partial charge < -0.3 is 15.2 Å². The molecular weight excluding hydrogens is 230 g/mol. The van der Waals surface area contributed by atoms with E-state index in [0.717, 1.165) is 5.56 Å². The van der Waals surface area contributed by atoms with Crippen molar-refractivity contribution in [1.29, 1.82) is 0 Å². The Morgan fingerprint density at radius 3 is 2.88 bits per heavy atom. The Balaban J connectivity index is 2.49. The largest absolute Gasteiger partial charge is 0.504 e. The Morgan fingerprint density at radius 2 is 2.31 bits per heavy atom. The second-order valence-corrected chi connectivity index (χ2v) is 3.51. The fourth-order valence-electron chi connectivity index (χ4n) is 1.28. The van der Waals surface area contributed by atoms with E-state index in [1.165, 1.54) is 7.11 Å². The van der Waals surface area contributed by atoms with Crippen molar-refractivity contribution >= 4 is 17.5 Å². The Hall–Kier alpha value is -1.42. The van der Waals surface area contributed by atoms with Crippen LogP contribution in [-0.4, -0.2) is 30.5 Å². The minimum atomic E-state index is -0.195. The van der Waals surface area contributed by atoms with Crippen molar-refractivity contribution in [3.05, 3.63) is 23.8 Å². The van der Waals surface area contributed by atoms with E-state index in [0.29, 0.717) is 18.7 Å². The summed E-state index contributed by atoms with van der Waals surface area (Å²) in [5, 5.41) is 12.2. The first-order chi connectivity index (χ1) is 7.67. The van der Waals surface area contributed by atoms with Crippen LogP contribution >= 0.6 is 11.6 Å². The van der Waals surface area contributed by atoms with E-state index in [1.54, 1.807) is 12.1 Å². The number of benzene rings is 1. The Morgan fingerprint density at radius 1 is 1.56 bits per heavy atom. The highest BCUT2D eigenvalue weighted by Crippen LogP contribution is 2.26. The number of amides is 1. The summed E-state index contributed by atoms with van der Waals surface area (Å²) in [6, 6.07) is 5.14. The van der Waals surface area contributed by atoms with Crippen LogP contribution in [0.1, 0.15) is 5.56 Å². The summed E-state index contributed by atoms with van der Waals surface area (Å²) < 4.78 is 4.92. The first kappa shape index (κ1) is 12.6. The van der Waals surface area contributed by atoms with E-state index in [-0.39, 0.29) is 17.5 Å². The lowest BCUT2D eigenvalue weighted by molar-refractivity contribution is -0.118. The fourth-order valence-corrected chi connectivity index (χ4v) is 1.38. The van der Waals surface area contributed by atoms with Crippen LogP contribution in [0, 0.1) is 0 Å².